The molecule has 1 aromatic carbocycles. The largest absolute Gasteiger partial charge is 0.352 e. The quantitative estimate of drug-likeness (QED) is 0.735. The lowest BCUT2D eigenvalue weighted by molar-refractivity contribution is -0.141. The minimum atomic E-state index is -0.669. The molecule has 1 aromatic heterocycles. The van der Waals surface area contributed by atoms with Crippen molar-refractivity contribution in [3.63, 3.8) is 0 Å². The fourth-order valence-electron chi connectivity index (χ4n) is 4.09. The second kappa shape index (κ2) is 9.45. The Morgan fingerprint density at radius 3 is 2.76 bits per heavy atom. The van der Waals surface area contributed by atoms with Crippen molar-refractivity contribution in [3.05, 3.63) is 61.2 Å². The van der Waals surface area contributed by atoms with Gasteiger partial charge in [0.15, 0.2) is 0 Å². The van der Waals surface area contributed by atoms with Gasteiger partial charge in [-0.25, -0.2) is 9.97 Å². The molecule has 0 bridgehead atoms. The summed E-state index contributed by atoms with van der Waals surface area (Å²) in [5, 5.41) is 2.98. The maximum atomic E-state index is 13.3. The van der Waals surface area contributed by atoms with Crippen LogP contribution in [0.2, 0.25) is 0 Å². The smallest absolute Gasteiger partial charge is 0.228 e. The van der Waals surface area contributed by atoms with Gasteiger partial charge in [-0.2, -0.15) is 0 Å². The van der Waals surface area contributed by atoms with Gasteiger partial charge < -0.3 is 10.2 Å². The third-order valence-corrected chi connectivity index (χ3v) is 5.54. The lowest BCUT2D eigenvalue weighted by atomic mass is 9.73. The zero-order chi connectivity index (χ0) is 20.7. The maximum Gasteiger partial charge on any atom is 0.228 e. The molecule has 1 atom stereocenters. The molecule has 0 aliphatic carbocycles. The number of likely N-dealkylation sites (tertiary alicyclic amines) is 1. The number of nitrogens with one attached hydrogen (secondary N) is 1. The average Bonchev–Trinajstić information content (AvgIpc) is 2.78. The molecule has 2 heterocycles. The van der Waals surface area contributed by atoms with Crippen LogP contribution < -0.4 is 5.32 Å². The highest BCUT2D eigenvalue weighted by atomic mass is 16.2. The second-order valence-electron chi connectivity index (χ2n) is 7.51. The van der Waals surface area contributed by atoms with Crippen LogP contribution in [-0.2, 0) is 16.0 Å². The molecule has 6 nitrogen and oxygen atoms in total. The first kappa shape index (κ1) is 20.7. The second-order valence-corrected chi connectivity index (χ2v) is 7.51. The average molecular weight is 393 g/mol. The highest BCUT2D eigenvalue weighted by Gasteiger charge is 2.43. The lowest BCUT2D eigenvalue weighted by Gasteiger charge is -2.42. The van der Waals surface area contributed by atoms with Gasteiger partial charge in [-0.3, -0.25) is 9.59 Å². The van der Waals surface area contributed by atoms with Gasteiger partial charge in [0.05, 0.1) is 5.41 Å². The molecule has 0 saturated carbocycles. The fraction of sp³-hybridized carbons (Fsp3) is 0.391. The standard InChI is InChI=1S/C23H28N4O2/c1-3-11-26-22(29)23(10-7-12-27(16-23)21(28)4-2)13-18-8-5-6-9-20(18)19-14-24-17-25-15-19/h3,5-6,8-9,14-15,17H,1,4,7,10-13,16H2,2H3,(H,26,29). The molecule has 1 fully saturated rings. The number of aromatic nitrogens is 2. The van der Waals surface area contributed by atoms with Gasteiger partial charge in [-0.15, -0.1) is 6.58 Å². The number of rotatable bonds is 7. The molecule has 0 radical (unpaired) electrons. The van der Waals surface area contributed by atoms with Crippen LogP contribution in [0.3, 0.4) is 0 Å². The van der Waals surface area contributed by atoms with Gasteiger partial charge in [-0.1, -0.05) is 37.3 Å². The van der Waals surface area contributed by atoms with Crippen LogP contribution >= 0.6 is 0 Å². The number of hydrogen-bond acceptors (Lipinski definition) is 4. The predicted molar refractivity (Wildman–Crippen MR) is 113 cm³/mol. The first-order valence-corrected chi connectivity index (χ1v) is 10.1. The Labute approximate surface area is 172 Å². The van der Waals surface area contributed by atoms with Crippen molar-refractivity contribution >= 4 is 11.8 Å². The topological polar surface area (TPSA) is 75.2 Å². The Hall–Kier alpha value is -3.02. The van der Waals surface area contributed by atoms with Crippen molar-refractivity contribution in [2.75, 3.05) is 19.6 Å². The number of amides is 2. The first-order valence-electron chi connectivity index (χ1n) is 10.1. The Balaban J connectivity index is 1.97. The van der Waals surface area contributed by atoms with Crippen LogP contribution in [0.1, 0.15) is 31.7 Å². The monoisotopic (exact) mass is 392 g/mol. The van der Waals surface area contributed by atoms with Crippen LogP contribution in [0.15, 0.2) is 55.6 Å². The molecule has 152 valence electrons. The van der Waals surface area contributed by atoms with Crippen LogP contribution in [-0.4, -0.2) is 46.3 Å². The Kier molecular flexibility index (Phi) is 6.75. The summed E-state index contributed by atoms with van der Waals surface area (Å²) in [4.78, 5) is 35.8. The third-order valence-electron chi connectivity index (χ3n) is 5.54. The number of piperidine rings is 1. The van der Waals surface area contributed by atoms with Gasteiger partial charge in [0.2, 0.25) is 11.8 Å². The molecule has 0 spiro atoms. The van der Waals surface area contributed by atoms with E-state index in [0.29, 0.717) is 32.5 Å². The van der Waals surface area contributed by atoms with Crippen LogP contribution in [0.5, 0.6) is 0 Å². The first-order chi connectivity index (χ1) is 14.1. The predicted octanol–water partition coefficient (Wildman–Crippen LogP) is 3.01. The number of hydrogen-bond donors (Lipinski definition) is 1. The van der Waals surface area contributed by atoms with Crippen molar-refractivity contribution in [2.45, 2.75) is 32.6 Å². The van der Waals surface area contributed by atoms with Gasteiger partial charge >= 0.3 is 0 Å². The van der Waals surface area contributed by atoms with Crippen LogP contribution in [0, 0.1) is 5.41 Å². The minimum absolute atomic E-state index is 0.0230. The van der Waals surface area contributed by atoms with E-state index >= 15 is 0 Å². The molecule has 2 aromatic rings. The summed E-state index contributed by atoms with van der Waals surface area (Å²) in [5.41, 5.74) is 2.32. The Bertz CT molecular complexity index is 868. The highest BCUT2D eigenvalue weighted by Crippen LogP contribution is 2.37. The van der Waals surface area contributed by atoms with E-state index in [1.165, 1.54) is 6.33 Å². The molecule has 1 aliphatic heterocycles. The molecule has 6 heteroatoms. The summed E-state index contributed by atoms with van der Waals surface area (Å²) in [7, 11) is 0. The maximum absolute atomic E-state index is 13.3. The van der Waals surface area contributed by atoms with E-state index in [9.17, 15) is 9.59 Å². The molecule has 1 unspecified atom stereocenters. The molecule has 2 amide bonds. The SMILES string of the molecule is C=CCNC(=O)C1(Cc2ccccc2-c2cncnc2)CCCN(C(=O)CC)C1. The zero-order valence-electron chi connectivity index (χ0n) is 16.9. The summed E-state index contributed by atoms with van der Waals surface area (Å²) in [6, 6.07) is 8.03. The van der Waals surface area contributed by atoms with Crippen LogP contribution in [0.4, 0.5) is 0 Å². The van der Waals surface area contributed by atoms with Gasteiger partial charge in [-0.05, 0) is 30.4 Å². The van der Waals surface area contributed by atoms with Crippen LogP contribution in [0.25, 0.3) is 11.1 Å². The van der Waals surface area contributed by atoms with Gasteiger partial charge in [0.25, 0.3) is 0 Å². The van der Waals surface area contributed by atoms with Crippen molar-refractivity contribution in [2.24, 2.45) is 5.41 Å². The molecule has 3 rings (SSSR count). The van der Waals surface area contributed by atoms with Gasteiger partial charge in [0.1, 0.15) is 6.33 Å². The Morgan fingerprint density at radius 2 is 2.03 bits per heavy atom. The van der Waals surface area contributed by atoms with E-state index in [4.69, 9.17) is 0 Å². The third kappa shape index (κ3) is 4.70. The summed E-state index contributed by atoms with van der Waals surface area (Å²) in [5.74, 6) is 0.0699. The van der Waals surface area contributed by atoms with Crippen molar-refractivity contribution in [3.8, 4) is 11.1 Å². The number of benzene rings is 1. The fourth-order valence-corrected chi connectivity index (χ4v) is 4.09. The van der Waals surface area contributed by atoms with E-state index in [1.807, 2.05) is 36.1 Å². The molecule has 29 heavy (non-hydrogen) atoms. The molecular formula is C23H28N4O2. The van der Waals surface area contributed by atoms with E-state index in [2.05, 4.69) is 21.9 Å². The highest BCUT2D eigenvalue weighted by molar-refractivity contribution is 5.85. The number of carbonyl (C=O) groups excluding carboxylic acids is 2. The summed E-state index contributed by atoms with van der Waals surface area (Å²) >= 11 is 0. The summed E-state index contributed by atoms with van der Waals surface area (Å²) in [6.07, 6.45) is 9.29. The normalized spacial score (nSPS) is 18.9. The molecule has 1 saturated heterocycles. The summed E-state index contributed by atoms with van der Waals surface area (Å²) in [6.45, 7) is 7.12. The number of nitrogens with zero attached hydrogens (tertiary/aromatic N) is 3. The van der Waals surface area contributed by atoms with E-state index in [-0.39, 0.29) is 11.8 Å². The van der Waals surface area contributed by atoms with Crippen molar-refractivity contribution < 1.29 is 9.59 Å². The van der Waals surface area contributed by atoms with E-state index < -0.39 is 5.41 Å². The molecule has 1 N–H and O–H groups in total. The minimum Gasteiger partial charge on any atom is -0.352 e. The van der Waals surface area contributed by atoms with E-state index in [0.717, 1.165) is 29.5 Å². The van der Waals surface area contributed by atoms with E-state index in [1.54, 1.807) is 18.5 Å². The lowest BCUT2D eigenvalue weighted by Crippen LogP contribution is -2.54. The van der Waals surface area contributed by atoms with Crippen molar-refractivity contribution in [1.82, 2.24) is 20.2 Å². The number of carbonyl (C=O) groups is 2. The summed E-state index contributed by atoms with van der Waals surface area (Å²) < 4.78 is 0. The zero-order valence-corrected chi connectivity index (χ0v) is 16.9. The molecule has 1 aliphatic rings. The van der Waals surface area contributed by atoms with Crippen molar-refractivity contribution in [1.29, 1.82) is 0 Å². The van der Waals surface area contributed by atoms with Gasteiger partial charge in [0, 0.05) is 44.0 Å². The Morgan fingerprint density at radius 1 is 1.28 bits per heavy atom. The molecular weight excluding hydrogens is 364 g/mol.